The van der Waals surface area contributed by atoms with Crippen LogP contribution < -0.4 is 10.1 Å². The fourth-order valence-electron chi connectivity index (χ4n) is 1.83. The molecule has 2 aromatic rings. The lowest BCUT2D eigenvalue weighted by Crippen LogP contribution is -2.01. The Kier molecular flexibility index (Phi) is 5.01. The maximum absolute atomic E-state index is 12.1. The molecule has 0 radical (unpaired) electrons. The molecule has 108 valence electrons. The third kappa shape index (κ3) is 4.36. The number of halogens is 1. The van der Waals surface area contributed by atoms with Crippen molar-refractivity contribution in [2.45, 2.75) is 6.92 Å². The summed E-state index contributed by atoms with van der Waals surface area (Å²) in [5.41, 5.74) is 2.27. The molecule has 0 spiro atoms. The zero-order chi connectivity index (χ0) is 15.2. The highest BCUT2D eigenvalue weighted by Gasteiger charge is 2.03. The molecule has 2 rings (SSSR count). The predicted molar refractivity (Wildman–Crippen MR) is 86.2 cm³/mol. The minimum Gasteiger partial charge on any atom is -0.497 e. The number of benzene rings is 2. The summed E-state index contributed by atoms with van der Waals surface area (Å²) in [4.78, 5) is 12.1. The summed E-state index contributed by atoms with van der Waals surface area (Å²) in [6.45, 7) is 1.85. The molecule has 21 heavy (non-hydrogen) atoms. The molecule has 2 aromatic carbocycles. The van der Waals surface area contributed by atoms with E-state index in [1.165, 1.54) is 0 Å². The number of nitrogens with one attached hydrogen (secondary N) is 1. The van der Waals surface area contributed by atoms with Crippen molar-refractivity contribution >= 4 is 23.1 Å². The van der Waals surface area contributed by atoms with Crippen molar-refractivity contribution in [3.05, 3.63) is 70.9 Å². The molecule has 0 heterocycles. The minimum absolute atomic E-state index is 0.0646. The van der Waals surface area contributed by atoms with Crippen LogP contribution >= 0.6 is 11.6 Å². The molecule has 0 atom stereocenters. The number of carbonyl (C=O) groups excluding carboxylic acids is 1. The first-order chi connectivity index (χ1) is 10.1. The molecular formula is C17H16ClNO2. The summed E-state index contributed by atoms with van der Waals surface area (Å²) in [5.74, 6) is 0.726. The van der Waals surface area contributed by atoms with Crippen LogP contribution in [-0.2, 0) is 0 Å². The molecule has 0 aliphatic carbocycles. The second kappa shape index (κ2) is 6.95. The summed E-state index contributed by atoms with van der Waals surface area (Å²) in [5, 5.41) is 3.78. The zero-order valence-electron chi connectivity index (χ0n) is 11.9. The van der Waals surface area contributed by atoms with Crippen molar-refractivity contribution in [1.29, 1.82) is 0 Å². The van der Waals surface area contributed by atoms with E-state index in [4.69, 9.17) is 16.3 Å². The number of hydrogen-bond acceptors (Lipinski definition) is 3. The van der Waals surface area contributed by atoms with Crippen molar-refractivity contribution in [3.8, 4) is 5.75 Å². The SMILES string of the molecule is COc1ccc(N/C(C)=C/C(=O)c2ccc(Cl)cc2)cc1. The Morgan fingerprint density at radius 3 is 2.29 bits per heavy atom. The molecule has 0 fully saturated rings. The van der Waals surface area contributed by atoms with Crippen LogP contribution in [0.1, 0.15) is 17.3 Å². The van der Waals surface area contributed by atoms with Crippen molar-refractivity contribution in [2.24, 2.45) is 0 Å². The molecule has 0 aliphatic heterocycles. The van der Waals surface area contributed by atoms with Crippen LogP contribution in [0.2, 0.25) is 5.02 Å². The number of carbonyl (C=O) groups is 1. The molecule has 0 aromatic heterocycles. The van der Waals surface area contributed by atoms with E-state index in [-0.39, 0.29) is 5.78 Å². The first-order valence-electron chi connectivity index (χ1n) is 6.48. The highest BCUT2D eigenvalue weighted by molar-refractivity contribution is 6.30. The molecular weight excluding hydrogens is 286 g/mol. The molecule has 0 aliphatic rings. The quantitative estimate of drug-likeness (QED) is 0.650. The lowest BCUT2D eigenvalue weighted by atomic mass is 10.1. The van der Waals surface area contributed by atoms with E-state index < -0.39 is 0 Å². The van der Waals surface area contributed by atoms with Crippen molar-refractivity contribution < 1.29 is 9.53 Å². The second-order valence-electron chi connectivity index (χ2n) is 4.55. The maximum atomic E-state index is 12.1. The molecule has 0 unspecified atom stereocenters. The Bertz CT molecular complexity index is 645. The van der Waals surface area contributed by atoms with Gasteiger partial charge in [-0.3, -0.25) is 4.79 Å². The van der Waals surface area contributed by atoms with Gasteiger partial charge in [0.1, 0.15) is 5.75 Å². The predicted octanol–water partition coefficient (Wildman–Crippen LogP) is 4.55. The van der Waals surface area contributed by atoms with Gasteiger partial charge in [0.25, 0.3) is 0 Å². The van der Waals surface area contributed by atoms with Gasteiger partial charge in [-0.15, -0.1) is 0 Å². The van der Waals surface area contributed by atoms with E-state index in [0.29, 0.717) is 10.6 Å². The Morgan fingerprint density at radius 1 is 1.10 bits per heavy atom. The molecule has 3 nitrogen and oxygen atoms in total. The van der Waals surface area contributed by atoms with Crippen LogP contribution in [0.15, 0.2) is 60.3 Å². The summed E-state index contributed by atoms with van der Waals surface area (Å²) < 4.78 is 5.10. The van der Waals surface area contributed by atoms with Gasteiger partial charge in [0, 0.05) is 28.0 Å². The zero-order valence-corrected chi connectivity index (χ0v) is 12.6. The van der Waals surface area contributed by atoms with Gasteiger partial charge in [0.15, 0.2) is 5.78 Å². The molecule has 0 saturated carbocycles. The Hall–Kier alpha value is -2.26. The second-order valence-corrected chi connectivity index (χ2v) is 4.99. The van der Waals surface area contributed by atoms with E-state index in [0.717, 1.165) is 17.1 Å². The third-order valence-electron chi connectivity index (χ3n) is 2.91. The van der Waals surface area contributed by atoms with Crippen LogP contribution in [-0.4, -0.2) is 12.9 Å². The standard InChI is InChI=1S/C17H16ClNO2/c1-12(19-15-7-9-16(21-2)10-8-15)11-17(20)13-3-5-14(18)6-4-13/h3-11,19H,1-2H3/b12-11+. The molecule has 1 N–H and O–H groups in total. The topological polar surface area (TPSA) is 38.3 Å². The van der Waals surface area contributed by atoms with E-state index in [1.807, 2.05) is 31.2 Å². The van der Waals surface area contributed by atoms with Crippen LogP contribution in [0.4, 0.5) is 5.69 Å². The first-order valence-corrected chi connectivity index (χ1v) is 6.85. The van der Waals surface area contributed by atoms with E-state index >= 15 is 0 Å². The van der Waals surface area contributed by atoms with Gasteiger partial charge in [-0.2, -0.15) is 0 Å². The monoisotopic (exact) mass is 301 g/mol. The van der Waals surface area contributed by atoms with Crippen molar-refractivity contribution in [1.82, 2.24) is 0 Å². The van der Waals surface area contributed by atoms with E-state index in [1.54, 1.807) is 37.5 Å². The van der Waals surface area contributed by atoms with Crippen LogP contribution in [0.5, 0.6) is 5.75 Å². The first kappa shape index (κ1) is 15.1. The van der Waals surface area contributed by atoms with Gasteiger partial charge in [-0.25, -0.2) is 0 Å². The summed E-state index contributed by atoms with van der Waals surface area (Å²) in [6, 6.07) is 14.3. The average molecular weight is 302 g/mol. The summed E-state index contributed by atoms with van der Waals surface area (Å²) in [7, 11) is 1.62. The van der Waals surface area contributed by atoms with Gasteiger partial charge in [0.05, 0.1) is 7.11 Å². The lowest BCUT2D eigenvalue weighted by molar-refractivity contribution is 0.104. The van der Waals surface area contributed by atoms with E-state index in [2.05, 4.69) is 5.32 Å². The number of rotatable bonds is 5. The largest absolute Gasteiger partial charge is 0.497 e. The van der Waals surface area contributed by atoms with Crippen molar-refractivity contribution in [2.75, 3.05) is 12.4 Å². The van der Waals surface area contributed by atoms with Gasteiger partial charge in [-0.1, -0.05) is 11.6 Å². The van der Waals surface area contributed by atoms with Crippen molar-refractivity contribution in [3.63, 3.8) is 0 Å². The molecule has 0 saturated heterocycles. The van der Waals surface area contributed by atoms with Crippen LogP contribution in [0.25, 0.3) is 0 Å². The fraction of sp³-hybridized carbons (Fsp3) is 0.118. The smallest absolute Gasteiger partial charge is 0.187 e. The summed E-state index contributed by atoms with van der Waals surface area (Å²) in [6.07, 6.45) is 1.56. The van der Waals surface area contributed by atoms with Gasteiger partial charge >= 0.3 is 0 Å². The summed E-state index contributed by atoms with van der Waals surface area (Å²) >= 11 is 5.80. The number of methoxy groups -OCH3 is 1. The van der Waals surface area contributed by atoms with Gasteiger partial charge < -0.3 is 10.1 Å². The van der Waals surface area contributed by atoms with Gasteiger partial charge in [0.2, 0.25) is 0 Å². The lowest BCUT2D eigenvalue weighted by Gasteiger charge is -2.07. The highest BCUT2D eigenvalue weighted by atomic mass is 35.5. The fourth-order valence-corrected chi connectivity index (χ4v) is 1.96. The normalized spacial score (nSPS) is 11.1. The maximum Gasteiger partial charge on any atom is 0.187 e. The number of allylic oxidation sites excluding steroid dienone is 2. The number of ether oxygens (including phenoxy) is 1. The Balaban J connectivity index is 2.05. The molecule has 0 bridgehead atoms. The third-order valence-corrected chi connectivity index (χ3v) is 3.16. The number of ketones is 1. The Labute approximate surface area is 129 Å². The highest BCUT2D eigenvalue weighted by Crippen LogP contribution is 2.17. The molecule has 0 amide bonds. The van der Waals surface area contributed by atoms with E-state index in [9.17, 15) is 4.79 Å². The Morgan fingerprint density at radius 2 is 1.71 bits per heavy atom. The molecule has 4 heteroatoms. The number of hydrogen-bond donors (Lipinski definition) is 1. The minimum atomic E-state index is -0.0646. The van der Waals surface area contributed by atoms with Crippen LogP contribution in [0.3, 0.4) is 0 Å². The van der Waals surface area contributed by atoms with Gasteiger partial charge in [-0.05, 0) is 55.5 Å². The average Bonchev–Trinajstić information content (AvgIpc) is 2.48. The van der Waals surface area contributed by atoms with Crippen LogP contribution in [0, 0.1) is 0 Å². The number of anilines is 1.